The van der Waals surface area contributed by atoms with E-state index in [0.717, 1.165) is 52.6 Å². The van der Waals surface area contributed by atoms with Crippen LogP contribution in [0.3, 0.4) is 0 Å². The monoisotopic (exact) mass is 591 g/mol. The first kappa shape index (κ1) is 28.4. The van der Waals surface area contributed by atoms with Gasteiger partial charge in [0.05, 0.1) is 5.56 Å². The summed E-state index contributed by atoms with van der Waals surface area (Å²) >= 11 is 6.67. The quantitative estimate of drug-likeness (QED) is 0.343. The number of aromatic nitrogens is 2. The SMILES string of the molecule is C=C(F)C(=O)N1CCN(c2nc(OC[C@@H]3CCCN3C)nc3c2CC(C)=C(c2cccc4cccc(Cl)c24)O3)C[C@H]1C. The minimum atomic E-state index is -0.947. The van der Waals surface area contributed by atoms with Crippen LogP contribution in [-0.4, -0.2) is 77.6 Å². The molecule has 2 aromatic carbocycles. The van der Waals surface area contributed by atoms with Gasteiger partial charge in [-0.1, -0.05) is 48.5 Å². The van der Waals surface area contributed by atoms with Gasteiger partial charge in [0.25, 0.3) is 5.91 Å². The van der Waals surface area contributed by atoms with Gasteiger partial charge in [-0.25, -0.2) is 4.39 Å². The Labute approximate surface area is 250 Å². The van der Waals surface area contributed by atoms with Gasteiger partial charge < -0.3 is 24.2 Å². The molecule has 6 rings (SSSR count). The van der Waals surface area contributed by atoms with Crippen molar-refractivity contribution in [2.75, 3.05) is 44.7 Å². The lowest BCUT2D eigenvalue weighted by Crippen LogP contribution is -2.54. The van der Waals surface area contributed by atoms with Crippen molar-refractivity contribution in [1.29, 1.82) is 0 Å². The Balaban J connectivity index is 1.36. The van der Waals surface area contributed by atoms with Crippen molar-refractivity contribution in [2.24, 2.45) is 0 Å². The standard InChI is InChI=1S/C32H35ClFN5O3/c1-19-16-25-29(38-14-15-39(20(2)17-38)31(40)21(3)34)35-32(41-18-23-10-7-13-37(23)4)36-30(25)42-28(19)24-11-5-8-22-9-6-12-26(33)27(22)24/h5-6,8-9,11-12,20,23H,3,7,10,13-18H2,1-2,4H3/t20-,23+/m1/s1. The molecule has 2 saturated heterocycles. The van der Waals surface area contributed by atoms with Crippen LogP contribution in [0.1, 0.15) is 37.8 Å². The number of likely N-dealkylation sites (tertiary alicyclic amines) is 1. The first-order valence-electron chi connectivity index (χ1n) is 14.4. The van der Waals surface area contributed by atoms with Crippen LogP contribution in [0.15, 0.2) is 54.4 Å². The molecule has 2 fully saturated rings. The van der Waals surface area contributed by atoms with Gasteiger partial charge in [-0.15, -0.1) is 0 Å². The van der Waals surface area contributed by atoms with E-state index < -0.39 is 11.7 Å². The van der Waals surface area contributed by atoms with E-state index >= 15 is 0 Å². The van der Waals surface area contributed by atoms with Crippen molar-refractivity contribution in [3.8, 4) is 11.9 Å². The third-order valence-electron chi connectivity index (χ3n) is 8.55. The third-order valence-corrected chi connectivity index (χ3v) is 8.86. The van der Waals surface area contributed by atoms with E-state index in [1.54, 1.807) is 0 Å². The van der Waals surface area contributed by atoms with Crippen LogP contribution in [-0.2, 0) is 11.2 Å². The Morgan fingerprint density at radius 1 is 1.19 bits per heavy atom. The van der Waals surface area contributed by atoms with Crippen LogP contribution < -0.4 is 14.4 Å². The van der Waals surface area contributed by atoms with Gasteiger partial charge >= 0.3 is 6.01 Å². The average molecular weight is 592 g/mol. The van der Waals surface area contributed by atoms with Crippen molar-refractivity contribution < 1.29 is 18.7 Å². The summed E-state index contributed by atoms with van der Waals surface area (Å²) < 4.78 is 26.5. The van der Waals surface area contributed by atoms with Crippen molar-refractivity contribution in [1.82, 2.24) is 19.8 Å². The van der Waals surface area contributed by atoms with E-state index in [2.05, 4.69) is 23.4 Å². The third kappa shape index (κ3) is 5.31. The zero-order chi connectivity index (χ0) is 29.5. The minimum Gasteiger partial charge on any atom is -0.462 e. The number of amides is 1. The Morgan fingerprint density at radius 3 is 2.69 bits per heavy atom. The number of fused-ring (bicyclic) bond motifs is 2. The van der Waals surface area contributed by atoms with Gasteiger partial charge in [0, 0.05) is 54.1 Å². The van der Waals surface area contributed by atoms with Gasteiger partial charge in [0.1, 0.15) is 18.2 Å². The van der Waals surface area contributed by atoms with Crippen molar-refractivity contribution in [3.63, 3.8) is 0 Å². The van der Waals surface area contributed by atoms with Crippen molar-refractivity contribution >= 4 is 39.9 Å². The van der Waals surface area contributed by atoms with Crippen molar-refractivity contribution in [2.45, 2.75) is 45.2 Å². The van der Waals surface area contributed by atoms with E-state index in [9.17, 15) is 9.18 Å². The Kier molecular flexibility index (Phi) is 7.81. The van der Waals surface area contributed by atoms with Gasteiger partial charge in [0.15, 0.2) is 5.83 Å². The van der Waals surface area contributed by atoms with Crippen LogP contribution in [0, 0.1) is 0 Å². The molecule has 1 aromatic heterocycles. The lowest BCUT2D eigenvalue weighted by molar-refractivity contribution is -0.131. The summed E-state index contributed by atoms with van der Waals surface area (Å²) in [5.74, 6) is 0.261. The molecule has 3 aliphatic heterocycles. The number of hydrogen-bond acceptors (Lipinski definition) is 7. The summed E-state index contributed by atoms with van der Waals surface area (Å²) in [5.41, 5.74) is 2.79. The Hall–Kier alpha value is -3.69. The molecule has 220 valence electrons. The number of nitrogens with zero attached hydrogens (tertiary/aromatic N) is 5. The summed E-state index contributed by atoms with van der Waals surface area (Å²) in [6, 6.07) is 12.2. The lowest BCUT2D eigenvalue weighted by atomic mass is 9.96. The predicted octanol–water partition coefficient (Wildman–Crippen LogP) is 5.64. The van der Waals surface area contributed by atoms with Crippen LogP contribution in [0.4, 0.5) is 10.2 Å². The van der Waals surface area contributed by atoms with Crippen molar-refractivity contribution in [3.05, 3.63) is 70.5 Å². The molecule has 4 heterocycles. The highest BCUT2D eigenvalue weighted by Crippen LogP contribution is 2.42. The maximum atomic E-state index is 13.7. The van der Waals surface area contributed by atoms with Gasteiger partial charge in [-0.3, -0.25) is 4.79 Å². The van der Waals surface area contributed by atoms with E-state index in [1.807, 2.05) is 50.2 Å². The van der Waals surface area contributed by atoms with Crippen LogP contribution >= 0.6 is 11.6 Å². The second-order valence-corrected chi connectivity index (χ2v) is 11.8. The predicted molar refractivity (Wildman–Crippen MR) is 163 cm³/mol. The second-order valence-electron chi connectivity index (χ2n) is 11.4. The molecule has 0 spiro atoms. The Morgan fingerprint density at radius 2 is 1.98 bits per heavy atom. The molecule has 0 saturated carbocycles. The fourth-order valence-electron chi connectivity index (χ4n) is 6.26. The molecule has 0 unspecified atom stereocenters. The fourth-order valence-corrected chi connectivity index (χ4v) is 6.55. The highest BCUT2D eigenvalue weighted by atomic mass is 35.5. The molecular formula is C32H35ClFN5O3. The zero-order valence-electron chi connectivity index (χ0n) is 24.2. The smallest absolute Gasteiger partial charge is 0.321 e. The summed E-state index contributed by atoms with van der Waals surface area (Å²) in [6.45, 7) is 9.96. The number of hydrogen-bond donors (Lipinski definition) is 0. The Bertz CT molecular complexity index is 1590. The topological polar surface area (TPSA) is 71.0 Å². The van der Waals surface area contributed by atoms with Gasteiger partial charge in [-0.05, 0) is 57.3 Å². The number of anilines is 1. The molecule has 3 aliphatic rings. The summed E-state index contributed by atoms with van der Waals surface area (Å²) in [5, 5.41) is 2.61. The number of benzene rings is 2. The van der Waals surface area contributed by atoms with Crippen LogP contribution in [0.2, 0.25) is 5.02 Å². The summed E-state index contributed by atoms with van der Waals surface area (Å²) in [7, 11) is 2.10. The zero-order valence-corrected chi connectivity index (χ0v) is 25.0. The number of piperazine rings is 1. The number of likely N-dealkylation sites (N-methyl/N-ethyl adjacent to an activating group) is 1. The molecule has 0 bridgehead atoms. The molecule has 0 aliphatic carbocycles. The van der Waals surface area contributed by atoms with E-state index in [1.165, 1.54) is 4.90 Å². The molecule has 10 heteroatoms. The largest absolute Gasteiger partial charge is 0.462 e. The summed E-state index contributed by atoms with van der Waals surface area (Å²) in [4.78, 5) is 27.9. The first-order chi connectivity index (χ1) is 20.2. The number of ether oxygens (including phenoxy) is 2. The lowest BCUT2D eigenvalue weighted by Gasteiger charge is -2.41. The number of halogens is 2. The number of carbonyl (C=O) groups is 1. The number of allylic oxidation sites excluding steroid dienone is 1. The van der Waals surface area contributed by atoms with Crippen LogP contribution in [0.25, 0.3) is 16.5 Å². The molecule has 0 radical (unpaired) electrons. The van der Waals surface area contributed by atoms with E-state index in [-0.39, 0.29) is 12.1 Å². The summed E-state index contributed by atoms with van der Waals surface area (Å²) in [6.07, 6.45) is 2.77. The normalized spacial score (nSPS) is 21.0. The second kappa shape index (κ2) is 11.5. The minimum absolute atomic E-state index is 0.240. The molecule has 0 N–H and O–H groups in total. The molecule has 8 nitrogen and oxygen atoms in total. The molecule has 2 atom stereocenters. The molecule has 3 aromatic rings. The van der Waals surface area contributed by atoms with Gasteiger partial charge in [-0.2, -0.15) is 9.97 Å². The van der Waals surface area contributed by atoms with Crippen LogP contribution in [0.5, 0.6) is 11.9 Å². The molecular weight excluding hydrogens is 557 g/mol. The number of rotatable bonds is 6. The van der Waals surface area contributed by atoms with E-state index in [0.29, 0.717) is 55.4 Å². The highest BCUT2D eigenvalue weighted by Gasteiger charge is 2.34. The molecule has 1 amide bonds. The molecule has 42 heavy (non-hydrogen) atoms. The van der Waals surface area contributed by atoms with Gasteiger partial charge in [0.2, 0.25) is 5.88 Å². The fraction of sp³-hybridized carbons (Fsp3) is 0.406. The maximum absolute atomic E-state index is 13.7. The first-order valence-corrected chi connectivity index (χ1v) is 14.8. The highest BCUT2D eigenvalue weighted by molar-refractivity contribution is 6.36. The maximum Gasteiger partial charge on any atom is 0.321 e. The average Bonchev–Trinajstić information content (AvgIpc) is 3.39. The van der Waals surface area contributed by atoms with E-state index in [4.69, 9.17) is 31.0 Å². The number of carbonyl (C=O) groups excluding carboxylic acids is 1.